The van der Waals surface area contributed by atoms with E-state index in [1.807, 2.05) is 30.3 Å². The summed E-state index contributed by atoms with van der Waals surface area (Å²) >= 11 is 0. The first-order valence-corrected chi connectivity index (χ1v) is 11.1. The second-order valence-corrected chi connectivity index (χ2v) is 8.15. The fourth-order valence-electron chi connectivity index (χ4n) is 4.23. The molecule has 5 nitrogen and oxygen atoms in total. The second-order valence-electron chi connectivity index (χ2n) is 8.15. The number of nitrogens with zero attached hydrogens (tertiary/aromatic N) is 1. The molecule has 3 aromatic rings. The van der Waals surface area contributed by atoms with Crippen LogP contribution in [-0.4, -0.2) is 44.2 Å². The highest BCUT2D eigenvalue weighted by Crippen LogP contribution is 2.30. The highest BCUT2D eigenvalue weighted by Gasteiger charge is 2.21. The van der Waals surface area contributed by atoms with Crippen LogP contribution < -0.4 is 14.8 Å². The van der Waals surface area contributed by atoms with E-state index < -0.39 is 0 Å². The lowest BCUT2D eigenvalue weighted by Crippen LogP contribution is -2.44. The quantitative estimate of drug-likeness (QED) is 0.587. The zero-order chi connectivity index (χ0) is 22.3. The van der Waals surface area contributed by atoms with Gasteiger partial charge in [-0.15, -0.1) is 0 Å². The number of piperidine rings is 1. The molecule has 1 aliphatic rings. The van der Waals surface area contributed by atoms with Gasteiger partial charge in [-0.1, -0.05) is 36.4 Å². The summed E-state index contributed by atoms with van der Waals surface area (Å²) in [5.74, 6) is 1.62. The number of benzene rings is 3. The molecule has 1 heterocycles. The van der Waals surface area contributed by atoms with Gasteiger partial charge in [0.1, 0.15) is 11.5 Å². The monoisotopic (exact) mass is 430 g/mol. The van der Waals surface area contributed by atoms with Crippen LogP contribution in [0.5, 0.6) is 11.5 Å². The first-order valence-electron chi connectivity index (χ1n) is 11.1. The summed E-state index contributed by atoms with van der Waals surface area (Å²) in [6.45, 7) is 2.83. The first kappa shape index (κ1) is 21.9. The van der Waals surface area contributed by atoms with E-state index in [1.54, 1.807) is 26.4 Å². The summed E-state index contributed by atoms with van der Waals surface area (Å²) in [5.41, 5.74) is 4.23. The molecule has 0 aromatic heterocycles. The summed E-state index contributed by atoms with van der Waals surface area (Å²) in [7, 11) is 3.33. The SMILES string of the molecule is COc1ccc(C(=O)NC2CCN(Cc3cccc(-c4ccccc4OC)c3)CC2)cc1. The smallest absolute Gasteiger partial charge is 0.251 e. The Labute approximate surface area is 190 Å². The average Bonchev–Trinajstić information content (AvgIpc) is 2.85. The third kappa shape index (κ3) is 5.29. The van der Waals surface area contributed by atoms with E-state index >= 15 is 0 Å². The van der Waals surface area contributed by atoms with Crippen molar-refractivity contribution >= 4 is 5.91 Å². The minimum absolute atomic E-state index is 0.0180. The third-order valence-electron chi connectivity index (χ3n) is 6.03. The van der Waals surface area contributed by atoms with Gasteiger partial charge in [-0.3, -0.25) is 9.69 Å². The minimum Gasteiger partial charge on any atom is -0.497 e. The van der Waals surface area contributed by atoms with Crippen LogP contribution >= 0.6 is 0 Å². The Hall–Kier alpha value is -3.31. The molecule has 0 aliphatic carbocycles. The molecule has 1 aliphatic heterocycles. The van der Waals surface area contributed by atoms with Gasteiger partial charge in [0.05, 0.1) is 14.2 Å². The Morgan fingerprint density at radius 1 is 0.938 bits per heavy atom. The standard InChI is InChI=1S/C27H30N2O3/c1-31-24-12-10-21(11-13-24)27(30)28-23-14-16-29(17-15-23)19-20-6-5-7-22(18-20)25-8-3-4-9-26(25)32-2/h3-13,18,23H,14-17,19H2,1-2H3,(H,28,30). The molecule has 3 aromatic carbocycles. The molecule has 0 saturated carbocycles. The van der Waals surface area contributed by atoms with Crippen LogP contribution in [0.2, 0.25) is 0 Å². The van der Waals surface area contributed by atoms with E-state index in [2.05, 4.69) is 40.5 Å². The van der Waals surface area contributed by atoms with Crippen LogP contribution in [0.25, 0.3) is 11.1 Å². The second kappa shape index (κ2) is 10.3. The lowest BCUT2D eigenvalue weighted by Gasteiger charge is -2.32. The van der Waals surface area contributed by atoms with Crippen LogP contribution in [-0.2, 0) is 6.54 Å². The van der Waals surface area contributed by atoms with Gasteiger partial charge in [-0.05, 0) is 60.4 Å². The van der Waals surface area contributed by atoms with Gasteiger partial charge in [0, 0.05) is 36.8 Å². The lowest BCUT2D eigenvalue weighted by molar-refractivity contribution is 0.0909. The molecule has 1 amide bonds. The number of para-hydroxylation sites is 1. The molecule has 4 rings (SSSR count). The molecule has 1 N–H and O–H groups in total. The fraction of sp³-hybridized carbons (Fsp3) is 0.296. The van der Waals surface area contributed by atoms with Crippen molar-refractivity contribution in [3.63, 3.8) is 0 Å². The molecule has 0 atom stereocenters. The number of carbonyl (C=O) groups excluding carboxylic acids is 1. The first-order chi connectivity index (χ1) is 15.7. The number of likely N-dealkylation sites (tertiary alicyclic amines) is 1. The Balaban J connectivity index is 1.32. The number of rotatable bonds is 7. The van der Waals surface area contributed by atoms with Crippen LogP contribution in [0.4, 0.5) is 0 Å². The average molecular weight is 431 g/mol. The minimum atomic E-state index is -0.0180. The highest BCUT2D eigenvalue weighted by molar-refractivity contribution is 5.94. The summed E-state index contributed by atoms with van der Waals surface area (Å²) in [4.78, 5) is 15.0. The van der Waals surface area contributed by atoms with Gasteiger partial charge >= 0.3 is 0 Å². The van der Waals surface area contributed by atoms with Gasteiger partial charge in [0.2, 0.25) is 0 Å². The summed E-state index contributed by atoms with van der Waals surface area (Å²) in [6, 6.07) is 24.2. The van der Waals surface area contributed by atoms with Crippen LogP contribution in [0.15, 0.2) is 72.8 Å². The topological polar surface area (TPSA) is 50.8 Å². The Morgan fingerprint density at radius 2 is 1.69 bits per heavy atom. The predicted octanol–water partition coefficient (Wildman–Crippen LogP) is 4.77. The molecule has 166 valence electrons. The number of nitrogens with one attached hydrogen (secondary N) is 1. The largest absolute Gasteiger partial charge is 0.497 e. The molecule has 1 saturated heterocycles. The van der Waals surface area contributed by atoms with E-state index in [0.29, 0.717) is 5.56 Å². The maximum atomic E-state index is 12.5. The summed E-state index contributed by atoms with van der Waals surface area (Å²) in [5, 5.41) is 3.18. The number of methoxy groups -OCH3 is 2. The van der Waals surface area contributed by atoms with E-state index in [4.69, 9.17) is 9.47 Å². The number of hydrogen-bond acceptors (Lipinski definition) is 4. The van der Waals surface area contributed by atoms with Crippen LogP contribution in [0.1, 0.15) is 28.8 Å². The van der Waals surface area contributed by atoms with Crippen molar-refractivity contribution in [2.45, 2.75) is 25.4 Å². The van der Waals surface area contributed by atoms with Gasteiger partial charge in [-0.25, -0.2) is 0 Å². The van der Waals surface area contributed by atoms with Gasteiger partial charge in [0.25, 0.3) is 5.91 Å². The number of ether oxygens (including phenoxy) is 2. The Morgan fingerprint density at radius 3 is 2.41 bits per heavy atom. The molecular formula is C27H30N2O3. The molecule has 1 fully saturated rings. The lowest BCUT2D eigenvalue weighted by atomic mass is 10.0. The van der Waals surface area contributed by atoms with Crippen LogP contribution in [0.3, 0.4) is 0 Å². The summed E-state index contributed by atoms with van der Waals surface area (Å²) < 4.78 is 10.7. The Bertz CT molecular complexity index is 1040. The third-order valence-corrected chi connectivity index (χ3v) is 6.03. The highest BCUT2D eigenvalue weighted by atomic mass is 16.5. The summed E-state index contributed by atoms with van der Waals surface area (Å²) in [6.07, 6.45) is 1.90. The van der Waals surface area contributed by atoms with Crippen LogP contribution in [0, 0.1) is 0 Å². The van der Waals surface area contributed by atoms with E-state index in [-0.39, 0.29) is 11.9 Å². The zero-order valence-electron chi connectivity index (χ0n) is 18.7. The Kier molecular flexibility index (Phi) is 7.07. The molecule has 0 radical (unpaired) electrons. The van der Waals surface area contributed by atoms with E-state index in [1.165, 1.54) is 11.1 Å². The van der Waals surface area contributed by atoms with Crippen molar-refractivity contribution in [1.29, 1.82) is 0 Å². The van der Waals surface area contributed by atoms with Crippen molar-refractivity contribution in [3.05, 3.63) is 83.9 Å². The molecule has 5 heteroatoms. The van der Waals surface area contributed by atoms with E-state index in [9.17, 15) is 4.79 Å². The van der Waals surface area contributed by atoms with E-state index in [0.717, 1.165) is 49.5 Å². The number of amides is 1. The van der Waals surface area contributed by atoms with Crippen molar-refractivity contribution in [1.82, 2.24) is 10.2 Å². The number of hydrogen-bond donors (Lipinski definition) is 1. The molecule has 0 spiro atoms. The van der Waals surface area contributed by atoms with Crippen molar-refractivity contribution in [2.24, 2.45) is 0 Å². The maximum absolute atomic E-state index is 12.5. The predicted molar refractivity (Wildman–Crippen MR) is 127 cm³/mol. The zero-order valence-corrected chi connectivity index (χ0v) is 18.7. The van der Waals surface area contributed by atoms with Crippen molar-refractivity contribution < 1.29 is 14.3 Å². The van der Waals surface area contributed by atoms with Crippen molar-refractivity contribution in [3.8, 4) is 22.6 Å². The molecular weight excluding hydrogens is 400 g/mol. The van der Waals surface area contributed by atoms with Gasteiger partial charge < -0.3 is 14.8 Å². The molecule has 32 heavy (non-hydrogen) atoms. The number of carbonyl (C=O) groups is 1. The fourth-order valence-corrected chi connectivity index (χ4v) is 4.23. The van der Waals surface area contributed by atoms with Crippen molar-refractivity contribution in [2.75, 3.05) is 27.3 Å². The maximum Gasteiger partial charge on any atom is 0.251 e. The normalized spacial score (nSPS) is 14.7. The van der Waals surface area contributed by atoms with Gasteiger partial charge in [0.15, 0.2) is 0 Å². The molecule has 0 bridgehead atoms. The van der Waals surface area contributed by atoms with Gasteiger partial charge in [-0.2, -0.15) is 0 Å². The molecule has 0 unspecified atom stereocenters.